The van der Waals surface area contributed by atoms with Crippen molar-refractivity contribution in [1.82, 2.24) is 5.32 Å². The number of carbonyl (C=O) groups is 2. The van der Waals surface area contributed by atoms with Crippen LogP contribution >= 0.6 is 0 Å². The summed E-state index contributed by atoms with van der Waals surface area (Å²) in [5.74, 6) is -0.934. The highest BCUT2D eigenvalue weighted by Crippen LogP contribution is 2.31. The van der Waals surface area contributed by atoms with Gasteiger partial charge in [0, 0.05) is 17.7 Å². The largest absolute Gasteiger partial charge is 0.491 e. The lowest BCUT2D eigenvalue weighted by Crippen LogP contribution is -2.36. The number of ether oxygens (including phenoxy) is 1. The number of rotatable bonds is 8. The highest BCUT2D eigenvalue weighted by molar-refractivity contribution is 6.15. The number of nitrogens with one attached hydrogen (secondary N) is 1. The highest BCUT2D eigenvalue weighted by atomic mass is 19.4. The van der Waals surface area contributed by atoms with Crippen LogP contribution in [0.3, 0.4) is 0 Å². The normalized spacial score (nSPS) is 12.1. The lowest BCUT2D eigenvalue weighted by Gasteiger charge is -2.15. The Balaban J connectivity index is 1.59. The third-order valence-corrected chi connectivity index (χ3v) is 4.55. The third kappa shape index (κ3) is 5.95. The Morgan fingerprint density at radius 2 is 1.56 bits per heavy atom. The average molecular weight is 443 g/mol. The Morgan fingerprint density at radius 1 is 0.906 bits per heavy atom. The van der Waals surface area contributed by atoms with Gasteiger partial charge in [-0.1, -0.05) is 54.6 Å². The minimum Gasteiger partial charge on any atom is -0.491 e. The topological polar surface area (TPSA) is 75.6 Å². The van der Waals surface area contributed by atoms with Crippen LogP contribution in [-0.4, -0.2) is 36.1 Å². The number of hydrogen-bond donors (Lipinski definition) is 2. The molecule has 5 nitrogen and oxygen atoms in total. The van der Waals surface area contributed by atoms with Crippen molar-refractivity contribution in [2.24, 2.45) is 0 Å². The third-order valence-electron chi connectivity index (χ3n) is 4.55. The molecule has 0 fully saturated rings. The van der Waals surface area contributed by atoms with Crippen molar-refractivity contribution in [3.63, 3.8) is 0 Å². The zero-order chi connectivity index (χ0) is 23.1. The summed E-state index contributed by atoms with van der Waals surface area (Å²) in [4.78, 5) is 25.3. The molecule has 0 radical (unpaired) electrons. The van der Waals surface area contributed by atoms with Crippen LogP contribution in [0.15, 0.2) is 78.9 Å². The van der Waals surface area contributed by atoms with Crippen LogP contribution in [0.4, 0.5) is 13.2 Å². The summed E-state index contributed by atoms with van der Waals surface area (Å²) in [6, 6.07) is 19.1. The van der Waals surface area contributed by atoms with Gasteiger partial charge in [0.15, 0.2) is 5.78 Å². The van der Waals surface area contributed by atoms with Crippen molar-refractivity contribution >= 4 is 11.7 Å². The van der Waals surface area contributed by atoms with E-state index in [0.29, 0.717) is 5.56 Å². The standard InChI is InChI=1S/C24H20F3NO4/c25-24(26,27)17-9-6-10-19(13-17)32-15-18(29)14-28-23(31)21-12-5-4-11-20(21)22(30)16-7-2-1-3-8-16/h1-13,18,29H,14-15H2,(H,28,31). The summed E-state index contributed by atoms with van der Waals surface area (Å²) >= 11 is 0. The number of aliphatic hydroxyl groups is 1. The van der Waals surface area contributed by atoms with E-state index in [1.54, 1.807) is 42.5 Å². The van der Waals surface area contributed by atoms with Crippen LogP contribution < -0.4 is 10.1 Å². The lowest BCUT2D eigenvalue weighted by molar-refractivity contribution is -0.137. The van der Waals surface area contributed by atoms with Gasteiger partial charge in [-0.05, 0) is 24.3 Å². The van der Waals surface area contributed by atoms with Gasteiger partial charge in [-0.15, -0.1) is 0 Å². The molecule has 3 aromatic rings. The lowest BCUT2D eigenvalue weighted by atomic mass is 9.98. The van der Waals surface area contributed by atoms with E-state index >= 15 is 0 Å². The minimum atomic E-state index is -4.50. The molecule has 166 valence electrons. The molecule has 0 bridgehead atoms. The minimum absolute atomic E-state index is 0.0518. The van der Waals surface area contributed by atoms with Gasteiger partial charge in [0.2, 0.25) is 0 Å². The molecule has 2 N–H and O–H groups in total. The Kier molecular flexibility index (Phi) is 7.27. The first-order valence-corrected chi connectivity index (χ1v) is 9.71. The zero-order valence-electron chi connectivity index (χ0n) is 16.8. The molecule has 0 aliphatic rings. The van der Waals surface area contributed by atoms with Crippen LogP contribution in [0.2, 0.25) is 0 Å². The molecular formula is C24H20F3NO4. The van der Waals surface area contributed by atoms with Crippen molar-refractivity contribution in [2.75, 3.05) is 13.2 Å². The molecule has 0 aliphatic carbocycles. The molecule has 1 amide bonds. The molecule has 0 aliphatic heterocycles. The predicted molar refractivity (Wildman–Crippen MR) is 112 cm³/mol. The molecule has 0 saturated carbocycles. The fourth-order valence-electron chi connectivity index (χ4n) is 2.94. The number of carbonyl (C=O) groups excluding carboxylic acids is 2. The monoisotopic (exact) mass is 443 g/mol. The van der Waals surface area contributed by atoms with E-state index in [1.165, 1.54) is 24.3 Å². The maximum absolute atomic E-state index is 12.8. The number of halogens is 3. The number of amides is 1. The molecule has 1 atom stereocenters. The first kappa shape index (κ1) is 23.0. The first-order chi connectivity index (χ1) is 15.3. The molecule has 0 spiro atoms. The Morgan fingerprint density at radius 3 is 2.25 bits per heavy atom. The summed E-state index contributed by atoms with van der Waals surface area (Å²) in [6.45, 7) is -0.544. The highest BCUT2D eigenvalue weighted by Gasteiger charge is 2.30. The smallest absolute Gasteiger partial charge is 0.416 e. The Labute approximate surface area is 182 Å². The van der Waals surface area contributed by atoms with Crippen LogP contribution in [-0.2, 0) is 6.18 Å². The van der Waals surface area contributed by atoms with Gasteiger partial charge in [-0.3, -0.25) is 9.59 Å². The molecule has 32 heavy (non-hydrogen) atoms. The summed E-state index contributed by atoms with van der Waals surface area (Å²) < 4.78 is 43.5. The number of hydrogen-bond acceptors (Lipinski definition) is 4. The van der Waals surface area contributed by atoms with Gasteiger partial charge in [-0.2, -0.15) is 13.2 Å². The fourth-order valence-corrected chi connectivity index (χ4v) is 2.94. The van der Waals surface area contributed by atoms with Crippen molar-refractivity contribution in [1.29, 1.82) is 0 Å². The van der Waals surface area contributed by atoms with E-state index in [1.807, 2.05) is 0 Å². The molecular weight excluding hydrogens is 423 g/mol. The Hall–Kier alpha value is -3.65. The van der Waals surface area contributed by atoms with Crippen LogP contribution in [0, 0.1) is 0 Å². The quantitative estimate of drug-likeness (QED) is 0.514. The Bertz CT molecular complexity index is 1080. The SMILES string of the molecule is O=C(NCC(O)COc1cccc(C(F)(F)F)c1)c1ccccc1C(=O)c1ccccc1. The fraction of sp³-hybridized carbons (Fsp3) is 0.167. The van der Waals surface area contributed by atoms with Crippen molar-refractivity contribution in [3.8, 4) is 5.75 Å². The second kappa shape index (κ2) is 10.1. The molecule has 8 heteroatoms. The van der Waals surface area contributed by atoms with Gasteiger partial charge in [-0.25, -0.2) is 0 Å². The van der Waals surface area contributed by atoms with Gasteiger partial charge in [0.1, 0.15) is 18.5 Å². The second-order valence-electron chi connectivity index (χ2n) is 6.94. The van der Waals surface area contributed by atoms with E-state index in [2.05, 4.69) is 5.32 Å². The van der Waals surface area contributed by atoms with Crippen molar-refractivity contribution in [3.05, 3.63) is 101 Å². The van der Waals surface area contributed by atoms with Crippen LogP contribution in [0.5, 0.6) is 5.75 Å². The van der Waals surface area contributed by atoms with E-state index in [-0.39, 0.29) is 35.8 Å². The second-order valence-corrected chi connectivity index (χ2v) is 6.94. The van der Waals surface area contributed by atoms with E-state index in [4.69, 9.17) is 4.74 Å². The number of ketones is 1. The van der Waals surface area contributed by atoms with Crippen molar-refractivity contribution in [2.45, 2.75) is 12.3 Å². The number of benzene rings is 3. The van der Waals surface area contributed by atoms with Gasteiger partial charge < -0.3 is 15.2 Å². The maximum atomic E-state index is 12.8. The number of aliphatic hydroxyl groups excluding tert-OH is 1. The summed E-state index contributed by atoms with van der Waals surface area (Å²) in [5, 5.41) is 12.6. The van der Waals surface area contributed by atoms with E-state index in [0.717, 1.165) is 12.1 Å². The van der Waals surface area contributed by atoms with Gasteiger partial charge in [0.25, 0.3) is 5.91 Å². The van der Waals surface area contributed by atoms with E-state index < -0.39 is 23.8 Å². The average Bonchev–Trinajstić information content (AvgIpc) is 2.81. The molecule has 1 unspecified atom stereocenters. The first-order valence-electron chi connectivity index (χ1n) is 9.71. The van der Waals surface area contributed by atoms with Crippen LogP contribution in [0.25, 0.3) is 0 Å². The zero-order valence-corrected chi connectivity index (χ0v) is 16.8. The maximum Gasteiger partial charge on any atom is 0.416 e. The summed E-state index contributed by atoms with van der Waals surface area (Å²) in [5.41, 5.74) is -0.0713. The summed E-state index contributed by atoms with van der Waals surface area (Å²) in [7, 11) is 0. The summed E-state index contributed by atoms with van der Waals surface area (Å²) in [6.07, 6.45) is -5.68. The number of alkyl halides is 3. The van der Waals surface area contributed by atoms with Gasteiger partial charge in [0.05, 0.1) is 11.1 Å². The molecule has 0 saturated heterocycles. The van der Waals surface area contributed by atoms with Crippen LogP contribution in [0.1, 0.15) is 31.8 Å². The van der Waals surface area contributed by atoms with Crippen molar-refractivity contribution < 1.29 is 32.6 Å². The molecule has 3 aromatic carbocycles. The van der Waals surface area contributed by atoms with E-state index in [9.17, 15) is 27.9 Å². The molecule has 3 rings (SSSR count). The predicted octanol–water partition coefficient (Wildman–Crippen LogP) is 4.11. The van der Waals surface area contributed by atoms with Gasteiger partial charge >= 0.3 is 6.18 Å². The molecule has 0 heterocycles. The molecule has 0 aromatic heterocycles.